The third kappa shape index (κ3) is 4.78. The van der Waals surface area contributed by atoms with Gasteiger partial charge in [0.2, 0.25) is 10.0 Å². The van der Waals surface area contributed by atoms with Gasteiger partial charge in [-0.2, -0.15) is 13.9 Å². The summed E-state index contributed by atoms with van der Waals surface area (Å²) in [5, 5.41) is 8.36. The van der Waals surface area contributed by atoms with Gasteiger partial charge in [0, 0.05) is 42.5 Å². The number of halogens is 2. The van der Waals surface area contributed by atoms with E-state index in [0.29, 0.717) is 54.3 Å². The van der Waals surface area contributed by atoms with Gasteiger partial charge in [-0.3, -0.25) is 0 Å². The molecular weight excluding hydrogens is 488 g/mol. The molecule has 0 amide bonds. The van der Waals surface area contributed by atoms with Crippen molar-refractivity contribution < 1.29 is 12.8 Å². The first-order valence-electron chi connectivity index (χ1n) is 11.2. The molecule has 1 aliphatic heterocycles. The normalized spacial score (nSPS) is 15.5. The van der Waals surface area contributed by atoms with Crippen molar-refractivity contribution in [1.29, 1.82) is 0 Å². The summed E-state index contributed by atoms with van der Waals surface area (Å²) < 4.78 is 42.4. The van der Waals surface area contributed by atoms with Crippen LogP contribution in [0.1, 0.15) is 12.8 Å². The van der Waals surface area contributed by atoms with Gasteiger partial charge in [-0.1, -0.05) is 35.9 Å². The summed E-state index contributed by atoms with van der Waals surface area (Å²) in [6.45, 7) is 1.36. The minimum absolute atomic E-state index is 0.0170. The minimum atomic E-state index is -3.72. The Balaban J connectivity index is 1.30. The number of fused-ring (bicyclic) bond motifs is 1. The topological polar surface area (TPSA) is 79.6 Å². The molecule has 2 aromatic carbocycles. The molecule has 5 rings (SSSR count). The van der Waals surface area contributed by atoms with Crippen LogP contribution in [0.2, 0.25) is 5.02 Å². The van der Waals surface area contributed by atoms with Crippen molar-refractivity contribution in [3.8, 4) is 11.3 Å². The summed E-state index contributed by atoms with van der Waals surface area (Å²) in [6.07, 6.45) is 2.91. The molecule has 0 spiro atoms. The predicted molar refractivity (Wildman–Crippen MR) is 135 cm³/mol. The molecule has 7 nitrogen and oxygen atoms in total. The van der Waals surface area contributed by atoms with Gasteiger partial charge in [0.1, 0.15) is 19.5 Å². The van der Waals surface area contributed by atoms with Crippen LogP contribution in [-0.2, 0) is 10.0 Å². The summed E-state index contributed by atoms with van der Waals surface area (Å²) in [5.41, 5.74) is 2.45. The van der Waals surface area contributed by atoms with Crippen LogP contribution in [-0.4, -0.2) is 54.8 Å². The lowest BCUT2D eigenvalue weighted by atomic mass is 9.98. The van der Waals surface area contributed by atoms with Crippen LogP contribution in [0.4, 0.5) is 10.2 Å². The van der Waals surface area contributed by atoms with E-state index in [-0.39, 0.29) is 10.8 Å². The van der Waals surface area contributed by atoms with Gasteiger partial charge in [-0.15, -0.1) is 0 Å². The van der Waals surface area contributed by atoms with Crippen molar-refractivity contribution in [2.45, 2.75) is 17.7 Å². The number of benzene rings is 2. The second-order valence-corrected chi connectivity index (χ2v) is 10.9. The van der Waals surface area contributed by atoms with Gasteiger partial charge in [-0.05, 0) is 48.5 Å². The third-order valence-electron chi connectivity index (χ3n) is 6.23. The van der Waals surface area contributed by atoms with Crippen molar-refractivity contribution in [3.63, 3.8) is 0 Å². The van der Waals surface area contributed by atoms with Gasteiger partial charge in [0.05, 0.1) is 10.6 Å². The Bertz CT molecular complexity index is 1490. The first kappa shape index (κ1) is 23.8. The Hall–Kier alpha value is -2.95. The van der Waals surface area contributed by atoms with E-state index in [4.69, 9.17) is 19.4 Å². The zero-order chi connectivity index (χ0) is 24.6. The van der Waals surface area contributed by atoms with Crippen LogP contribution >= 0.6 is 11.6 Å². The molecule has 2 aromatic heterocycles. The Morgan fingerprint density at radius 1 is 1.11 bits per heavy atom. The fourth-order valence-corrected chi connectivity index (χ4v) is 6.03. The summed E-state index contributed by atoms with van der Waals surface area (Å²) in [6, 6.07) is 14.5. The molecule has 1 fully saturated rings. The van der Waals surface area contributed by atoms with Gasteiger partial charge >= 0.3 is 0 Å². The fourth-order valence-electron chi connectivity index (χ4n) is 4.29. The first-order chi connectivity index (χ1) is 16.8. The van der Waals surface area contributed by atoms with Gasteiger partial charge < -0.3 is 5.32 Å². The summed E-state index contributed by atoms with van der Waals surface area (Å²) in [5.74, 6) is 0.398. The van der Waals surface area contributed by atoms with E-state index >= 15 is 0 Å². The number of aromatic nitrogens is 3. The van der Waals surface area contributed by atoms with Crippen molar-refractivity contribution in [2.24, 2.45) is 5.92 Å². The monoisotopic (exact) mass is 509 g/mol. The maximum Gasteiger partial charge on any atom is 0.243 e. The molecule has 11 heteroatoms. The highest BCUT2D eigenvalue weighted by atomic mass is 35.5. The lowest BCUT2D eigenvalue weighted by molar-refractivity contribution is 0.282. The Kier molecular flexibility index (Phi) is 6.52. The van der Waals surface area contributed by atoms with Crippen LogP contribution in [0.3, 0.4) is 0 Å². The number of hydrogen-bond donors (Lipinski definition) is 1. The number of hydrogen-bond acceptors (Lipinski definition) is 5. The number of rotatable bonds is 6. The molecule has 3 heterocycles. The van der Waals surface area contributed by atoms with Gasteiger partial charge in [0.15, 0.2) is 5.65 Å². The second kappa shape index (κ2) is 9.60. The number of sulfonamides is 1. The lowest BCUT2D eigenvalue weighted by Gasteiger charge is -2.31. The highest BCUT2D eigenvalue weighted by Gasteiger charge is 2.29. The Morgan fingerprint density at radius 2 is 1.89 bits per heavy atom. The lowest BCUT2D eigenvalue weighted by Crippen LogP contribution is -2.40. The first-order valence-corrected chi connectivity index (χ1v) is 13.0. The maximum absolute atomic E-state index is 13.5. The predicted octanol–water partition coefficient (Wildman–Crippen LogP) is 3.50. The van der Waals surface area contributed by atoms with Crippen molar-refractivity contribution in [1.82, 2.24) is 18.9 Å². The average molecular weight is 510 g/mol. The molecule has 178 valence electrons. The largest absolute Gasteiger partial charge is 0.370 e. The quantitative estimate of drug-likeness (QED) is 0.403. The molecule has 0 saturated carbocycles. The molecule has 35 heavy (non-hydrogen) atoms. The van der Waals surface area contributed by atoms with Crippen molar-refractivity contribution in [2.75, 3.05) is 25.0 Å². The molecule has 0 atom stereocenters. The molecule has 0 bridgehead atoms. The summed E-state index contributed by atoms with van der Waals surface area (Å²) in [4.78, 5) is 4.63. The molecule has 0 aliphatic carbocycles. The molecular formula is C24H22BClFN5O2S. The average Bonchev–Trinajstić information content (AvgIpc) is 3.24. The van der Waals surface area contributed by atoms with Crippen LogP contribution in [0.5, 0.6) is 0 Å². The van der Waals surface area contributed by atoms with E-state index in [1.54, 1.807) is 16.8 Å². The smallest absolute Gasteiger partial charge is 0.243 e. The van der Waals surface area contributed by atoms with E-state index < -0.39 is 15.8 Å². The number of anilines is 1. The van der Waals surface area contributed by atoms with E-state index in [1.165, 1.54) is 22.5 Å². The minimum Gasteiger partial charge on any atom is -0.370 e. The van der Waals surface area contributed by atoms with E-state index in [2.05, 4.69) is 15.4 Å². The van der Waals surface area contributed by atoms with E-state index in [0.717, 1.165) is 17.4 Å². The van der Waals surface area contributed by atoms with Crippen LogP contribution in [0.15, 0.2) is 65.7 Å². The van der Waals surface area contributed by atoms with Crippen molar-refractivity contribution in [3.05, 3.63) is 71.6 Å². The maximum atomic E-state index is 13.5. The van der Waals surface area contributed by atoms with E-state index in [9.17, 15) is 12.8 Å². The Morgan fingerprint density at radius 3 is 2.63 bits per heavy atom. The molecule has 1 aliphatic rings. The standard InChI is InChI=1S/C24H22BClFN5O2S/c25-20-15-29-32-23(13-22(30-24(20)32)19-6-1-2-7-21(19)26)28-14-16-8-10-31(11-9-16)35(33,34)18-5-3-4-17(27)12-18/h1-7,12-13,15-16,28H,8-11,14H2. The van der Waals surface area contributed by atoms with Crippen molar-refractivity contribution >= 4 is 46.4 Å². The van der Waals surface area contributed by atoms with Gasteiger partial charge in [0.25, 0.3) is 0 Å². The second-order valence-electron chi connectivity index (χ2n) is 8.53. The highest BCUT2D eigenvalue weighted by Crippen LogP contribution is 2.29. The highest BCUT2D eigenvalue weighted by molar-refractivity contribution is 7.89. The summed E-state index contributed by atoms with van der Waals surface area (Å²) in [7, 11) is 2.37. The fraction of sp³-hybridized carbons (Fsp3) is 0.250. The van der Waals surface area contributed by atoms with Crippen LogP contribution in [0.25, 0.3) is 16.9 Å². The zero-order valence-electron chi connectivity index (χ0n) is 18.7. The zero-order valence-corrected chi connectivity index (χ0v) is 20.3. The number of nitrogens with one attached hydrogen (secondary N) is 1. The molecule has 0 unspecified atom stereocenters. The van der Waals surface area contributed by atoms with Gasteiger partial charge in [-0.25, -0.2) is 17.8 Å². The van der Waals surface area contributed by atoms with Crippen LogP contribution < -0.4 is 10.8 Å². The van der Waals surface area contributed by atoms with E-state index in [1.807, 2.05) is 24.3 Å². The number of nitrogens with zero attached hydrogens (tertiary/aromatic N) is 4. The molecule has 1 N–H and O–H groups in total. The third-order valence-corrected chi connectivity index (χ3v) is 8.45. The Labute approximate surface area is 209 Å². The molecule has 1 saturated heterocycles. The van der Waals surface area contributed by atoms with Crippen LogP contribution in [0, 0.1) is 11.7 Å². The summed E-state index contributed by atoms with van der Waals surface area (Å²) >= 11 is 6.39. The SMILES string of the molecule is [B]c1cnn2c(NCC3CCN(S(=O)(=O)c4cccc(F)c4)CC3)cc(-c3ccccc3Cl)nc12. The number of piperidine rings is 1. The molecule has 2 radical (unpaired) electrons. The molecule has 4 aromatic rings.